The summed E-state index contributed by atoms with van der Waals surface area (Å²) in [6, 6.07) is 0.962. The highest BCUT2D eigenvalue weighted by Crippen LogP contribution is 2.11. The van der Waals surface area contributed by atoms with Gasteiger partial charge in [-0.1, -0.05) is 5.92 Å². The zero-order valence-electron chi connectivity index (χ0n) is 7.84. The van der Waals surface area contributed by atoms with Crippen molar-refractivity contribution in [1.29, 1.82) is 0 Å². The van der Waals surface area contributed by atoms with Crippen LogP contribution in [-0.4, -0.2) is 36.7 Å². The van der Waals surface area contributed by atoms with Gasteiger partial charge in [-0.25, -0.2) is 0 Å². The summed E-state index contributed by atoms with van der Waals surface area (Å²) in [4.78, 5) is 2.35. The lowest BCUT2D eigenvalue weighted by Crippen LogP contribution is -2.49. The van der Waals surface area contributed by atoms with Crippen LogP contribution in [0.2, 0.25) is 0 Å². The molecule has 2 heteroatoms. The average Bonchev–Trinajstić information content (AvgIpc) is 2.04. The Hall–Kier alpha value is -0.520. The first-order valence-electron chi connectivity index (χ1n) is 4.34. The van der Waals surface area contributed by atoms with Crippen molar-refractivity contribution in [2.75, 3.05) is 19.8 Å². The molecule has 1 radical (unpaired) electrons. The van der Waals surface area contributed by atoms with E-state index in [1.807, 2.05) is 0 Å². The zero-order valence-corrected chi connectivity index (χ0v) is 7.84. The molecular weight excluding hydrogens is 150 g/mol. The first-order chi connectivity index (χ1) is 5.75. The number of hydrogen-bond donors (Lipinski definition) is 0. The van der Waals surface area contributed by atoms with E-state index >= 15 is 0 Å². The molecule has 0 aliphatic carbocycles. The fourth-order valence-corrected chi connectivity index (χ4v) is 1.49. The molecule has 0 amide bonds. The number of rotatable bonds is 1. The second-order valence-corrected chi connectivity index (χ2v) is 3.26. The molecule has 0 spiro atoms. The minimum atomic E-state index is 0.481. The Kier molecular flexibility index (Phi) is 3.58. The van der Waals surface area contributed by atoms with Gasteiger partial charge in [0.2, 0.25) is 0 Å². The molecule has 67 valence electrons. The Morgan fingerprint density at radius 2 is 2.00 bits per heavy atom. The van der Waals surface area contributed by atoms with Crippen molar-refractivity contribution in [1.82, 2.24) is 4.90 Å². The van der Waals surface area contributed by atoms with Gasteiger partial charge in [0, 0.05) is 19.0 Å². The molecule has 2 unspecified atom stereocenters. The fourth-order valence-electron chi connectivity index (χ4n) is 1.49. The van der Waals surface area contributed by atoms with Crippen LogP contribution in [0.1, 0.15) is 13.8 Å². The Labute approximate surface area is 74.9 Å². The van der Waals surface area contributed by atoms with E-state index in [2.05, 4.69) is 37.5 Å². The van der Waals surface area contributed by atoms with Gasteiger partial charge < -0.3 is 4.74 Å². The lowest BCUT2D eigenvalue weighted by atomic mass is 10.2. The summed E-state index contributed by atoms with van der Waals surface area (Å²) in [5.41, 5.74) is 0. The van der Waals surface area contributed by atoms with Crippen LogP contribution < -0.4 is 0 Å². The summed E-state index contributed by atoms with van der Waals surface area (Å²) < 4.78 is 5.40. The van der Waals surface area contributed by atoms with Crippen molar-refractivity contribution in [3.63, 3.8) is 0 Å². The van der Waals surface area contributed by atoms with E-state index in [0.29, 0.717) is 12.1 Å². The normalized spacial score (nSPS) is 30.9. The molecule has 0 aromatic heterocycles. The van der Waals surface area contributed by atoms with Gasteiger partial charge in [-0.3, -0.25) is 4.90 Å². The maximum absolute atomic E-state index is 5.40. The van der Waals surface area contributed by atoms with Crippen LogP contribution in [0.4, 0.5) is 0 Å². The minimum Gasteiger partial charge on any atom is -0.378 e. The molecule has 2 nitrogen and oxygen atoms in total. The third-order valence-corrected chi connectivity index (χ3v) is 2.24. The maximum Gasteiger partial charge on any atom is 0.0620 e. The first kappa shape index (κ1) is 9.57. The Morgan fingerprint density at radius 1 is 1.42 bits per heavy atom. The number of nitrogens with zero attached hydrogens (tertiary/aromatic N) is 1. The summed E-state index contributed by atoms with van der Waals surface area (Å²) in [7, 11) is 0. The van der Waals surface area contributed by atoms with Gasteiger partial charge in [-0.2, -0.15) is 0 Å². The van der Waals surface area contributed by atoms with Gasteiger partial charge in [0.25, 0.3) is 0 Å². The molecule has 1 heterocycles. The standard InChI is InChI=1S/C10H16NO/c1-4-5-6-11-9(2)7-12-8-10(11)3/h9-10H,1,6-8H2,2-3H3. The Morgan fingerprint density at radius 3 is 2.50 bits per heavy atom. The summed E-state index contributed by atoms with van der Waals surface area (Å²) in [6.45, 7) is 10.3. The van der Waals surface area contributed by atoms with Crippen LogP contribution in [0.3, 0.4) is 0 Å². The van der Waals surface area contributed by atoms with Crippen LogP contribution in [0, 0.1) is 18.8 Å². The molecule has 1 rings (SSSR count). The van der Waals surface area contributed by atoms with Crippen LogP contribution in [0.15, 0.2) is 0 Å². The average molecular weight is 166 g/mol. The molecule has 1 aliphatic heterocycles. The van der Waals surface area contributed by atoms with E-state index in [1.54, 1.807) is 0 Å². The molecule has 1 saturated heterocycles. The highest BCUT2D eigenvalue weighted by atomic mass is 16.5. The molecule has 2 atom stereocenters. The zero-order chi connectivity index (χ0) is 8.97. The molecule has 0 saturated carbocycles. The lowest BCUT2D eigenvalue weighted by Gasteiger charge is -2.37. The van der Waals surface area contributed by atoms with Crippen molar-refractivity contribution >= 4 is 0 Å². The fraction of sp³-hybridized carbons (Fsp3) is 0.700. The highest BCUT2D eigenvalue weighted by Gasteiger charge is 2.23. The molecule has 1 aliphatic rings. The third kappa shape index (κ3) is 2.23. The largest absolute Gasteiger partial charge is 0.378 e. The molecule has 0 aromatic carbocycles. The predicted octanol–water partition coefficient (Wildman–Crippen LogP) is 0.933. The van der Waals surface area contributed by atoms with Gasteiger partial charge in [0.15, 0.2) is 0 Å². The Balaban J connectivity index is 2.48. The molecule has 0 N–H and O–H groups in total. The van der Waals surface area contributed by atoms with Crippen molar-refractivity contribution in [3.05, 3.63) is 6.92 Å². The van der Waals surface area contributed by atoms with Gasteiger partial charge in [0.05, 0.1) is 19.8 Å². The third-order valence-electron chi connectivity index (χ3n) is 2.24. The van der Waals surface area contributed by atoms with Gasteiger partial charge in [0.1, 0.15) is 0 Å². The monoisotopic (exact) mass is 166 g/mol. The van der Waals surface area contributed by atoms with Crippen LogP contribution in [0.5, 0.6) is 0 Å². The smallest absolute Gasteiger partial charge is 0.0620 e. The summed E-state index contributed by atoms with van der Waals surface area (Å²) in [5, 5.41) is 0. The highest BCUT2D eigenvalue weighted by molar-refractivity contribution is 5.04. The van der Waals surface area contributed by atoms with E-state index in [1.165, 1.54) is 0 Å². The van der Waals surface area contributed by atoms with E-state index in [9.17, 15) is 0 Å². The molecule has 0 aromatic rings. The van der Waals surface area contributed by atoms with E-state index in [-0.39, 0.29) is 0 Å². The first-order valence-corrected chi connectivity index (χ1v) is 4.34. The van der Waals surface area contributed by atoms with Crippen LogP contribution >= 0.6 is 0 Å². The van der Waals surface area contributed by atoms with Gasteiger partial charge in [-0.05, 0) is 13.8 Å². The van der Waals surface area contributed by atoms with Crippen LogP contribution in [0.25, 0.3) is 0 Å². The number of ether oxygens (including phenoxy) is 1. The molecule has 1 fully saturated rings. The van der Waals surface area contributed by atoms with Crippen molar-refractivity contribution < 1.29 is 4.74 Å². The predicted molar refractivity (Wildman–Crippen MR) is 49.6 cm³/mol. The Bertz CT molecular complexity index is 182. The lowest BCUT2D eigenvalue weighted by molar-refractivity contribution is -0.0296. The number of hydrogen-bond acceptors (Lipinski definition) is 2. The molecular formula is C10H16NO. The van der Waals surface area contributed by atoms with Crippen molar-refractivity contribution in [2.24, 2.45) is 0 Å². The van der Waals surface area contributed by atoms with Crippen molar-refractivity contribution in [3.8, 4) is 11.8 Å². The summed E-state index contributed by atoms with van der Waals surface area (Å²) in [6.07, 6.45) is 0. The van der Waals surface area contributed by atoms with Gasteiger partial charge >= 0.3 is 0 Å². The molecule has 12 heavy (non-hydrogen) atoms. The van der Waals surface area contributed by atoms with Gasteiger partial charge in [-0.15, -0.1) is 5.92 Å². The summed E-state index contributed by atoms with van der Waals surface area (Å²) in [5.74, 6) is 5.66. The second kappa shape index (κ2) is 4.49. The van der Waals surface area contributed by atoms with E-state index in [4.69, 9.17) is 4.74 Å². The summed E-state index contributed by atoms with van der Waals surface area (Å²) >= 11 is 0. The van der Waals surface area contributed by atoms with Crippen LogP contribution in [-0.2, 0) is 4.74 Å². The maximum atomic E-state index is 5.40. The second-order valence-electron chi connectivity index (χ2n) is 3.26. The number of morpholine rings is 1. The minimum absolute atomic E-state index is 0.481. The SMILES string of the molecule is [CH2]C#CCN1C(C)COCC1C. The topological polar surface area (TPSA) is 12.5 Å². The quantitative estimate of drug-likeness (QED) is 0.537. The molecule has 0 bridgehead atoms. The van der Waals surface area contributed by atoms with E-state index < -0.39 is 0 Å². The van der Waals surface area contributed by atoms with E-state index in [0.717, 1.165) is 19.8 Å². The van der Waals surface area contributed by atoms with Crippen molar-refractivity contribution in [2.45, 2.75) is 25.9 Å².